The highest BCUT2D eigenvalue weighted by molar-refractivity contribution is 8.02. The maximum absolute atomic E-state index is 2.29. The summed E-state index contributed by atoms with van der Waals surface area (Å²) in [7, 11) is 0. The van der Waals surface area contributed by atoms with Crippen molar-refractivity contribution in [1.82, 2.24) is 0 Å². The predicted octanol–water partition coefficient (Wildman–Crippen LogP) is 4.10. The Morgan fingerprint density at radius 1 is 1.23 bits per heavy atom. The summed E-state index contributed by atoms with van der Waals surface area (Å²) in [5.74, 6) is 0.705. The summed E-state index contributed by atoms with van der Waals surface area (Å²) in [4.78, 5) is 0. The average molecular weight is 190 g/mol. The number of rotatable bonds is 1. The van der Waals surface area contributed by atoms with Gasteiger partial charge in [0, 0.05) is 5.25 Å². The fraction of sp³-hybridized carbons (Fsp3) is 0.333. The Morgan fingerprint density at radius 2 is 2.00 bits per heavy atom. The van der Waals surface area contributed by atoms with Crippen molar-refractivity contribution in [2.45, 2.75) is 19.1 Å². The molecule has 1 aliphatic rings. The van der Waals surface area contributed by atoms with Gasteiger partial charge in [-0.3, -0.25) is 0 Å². The average Bonchev–Trinajstić information content (AvgIpc) is 2.17. The SMILES string of the molecule is CC(C)C1SC=Cc2ccccc21. The first-order chi connectivity index (χ1) is 6.29. The molecule has 68 valence electrons. The standard InChI is InChI=1S/C12H14S/c1-9(2)12-11-6-4-3-5-10(11)7-8-13-12/h3-9,12H,1-2H3. The van der Waals surface area contributed by atoms with Gasteiger partial charge in [0.1, 0.15) is 0 Å². The molecule has 1 aliphatic heterocycles. The summed E-state index contributed by atoms with van der Waals surface area (Å²) in [6.07, 6.45) is 2.21. The van der Waals surface area contributed by atoms with E-state index in [-0.39, 0.29) is 0 Å². The zero-order valence-electron chi connectivity index (χ0n) is 8.03. The van der Waals surface area contributed by atoms with Crippen LogP contribution in [0.25, 0.3) is 6.08 Å². The van der Waals surface area contributed by atoms with E-state index in [0.29, 0.717) is 11.2 Å². The molecule has 1 unspecified atom stereocenters. The molecular weight excluding hydrogens is 176 g/mol. The molecule has 0 aliphatic carbocycles. The van der Waals surface area contributed by atoms with Gasteiger partial charge in [0.25, 0.3) is 0 Å². The van der Waals surface area contributed by atoms with Crippen LogP contribution in [0, 0.1) is 5.92 Å². The predicted molar refractivity (Wildman–Crippen MR) is 60.6 cm³/mol. The Labute approximate surface area is 84.0 Å². The molecule has 0 radical (unpaired) electrons. The van der Waals surface area contributed by atoms with Gasteiger partial charge in [-0.15, -0.1) is 11.8 Å². The fourth-order valence-corrected chi connectivity index (χ4v) is 2.78. The van der Waals surface area contributed by atoms with Gasteiger partial charge in [-0.1, -0.05) is 38.1 Å². The van der Waals surface area contributed by atoms with E-state index in [1.54, 1.807) is 0 Å². The molecule has 0 N–H and O–H groups in total. The summed E-state index contributed by atoms with van der Waals surface area (Å²) in [6.45, 7) is 4.57. The molecule has 0 aromatic heterocycles. The van der Waals surface area contributed by atoms with Gasteiger partial charge in [0.2, 0.25) is 0 Å². The third-order valence-corrected chi connectivity index (χ3v) is 3.77. The molecule has 1 heterocycles. The van der Waals surface area contributed by atoms with Crippen LogP contribution in [-0.2, 0) is 0 Å². The summed E-state index contributed by atoms with van der Waals surface area (Å²) >= 11 is 1.93. The molecule has 0 nitrogen and oxygen atoms in total. The van der Waals surface area contributed by atoms with Gasteiger partial charge in [-0.25, -0.2) is 0 Å². The lowest BCUT2D eigenvalue weighted by Gasteiger charge is -2.24. The van der Waals surface area contributed by atoms with Crippen LogP contribution in [0.3, 0.4) is 0 Å². The molecule has 0 saturated heterocycles. The molecule has 0 fully saturated rings. The highest BCUT2D eigenvalue weighted by Crippen LogP contribution is 2.41. The van der Waals surface area contributed by atoms with Crippen LogP contribution in [0.2, 0.25) is 0 Å². The third-order valence-electron chi connectivity index (χ3n) is 2.38. The Bertz CT molecular complexity index is 326. The van der Waals surface area contributed by atoms with Crippen LogP contribution in [0.15, 0.2) is 29.7 Å². The van der Waals surface area contributed by atoms with Crippen LogP contribution in [0.5, 0.6) is 0 Å². The second kappa shape index (κ2) is 3.59. The van der Waals surface area contributed by atoms with E-state index in [4.69, 9.17) is 0 Å². The summed E-state index contributed by atoms with van der Waals surface area (Å²) in [5.41, 5.74) is 2.88. The van der Waals surface area contributed by atoms with Crippen molar-refractivity contribution < 1.29 is 0 Å². The van der Waals surface area contributed by atoms with E-state index in [2.05, 4.69) is 49.6 Å². The Balaban J connectivity index is 2.43. The van der Waals surface area contributed by atoms with E-state index in [1.165, 1.54) is 11.1 Å². The molecule has 13 heavy (non-hydrogen) atoms. The van der Waals surface area contributed by atoms with Gasteiger partial charge in [0.15, 0.2) is 0 Å². The first-order valence-corrected chi connectivity index (χ1v) is 5.64. The van der Waals surface area contributed by atoms with Crippen molar-refractivity contribution in [2.24, 2.45) is 5.92 Å². The quantitative estimate of drug-likeness (QED) is 0.642. The number of hydrogen-bond acceptors (Lipinski definition) is 1. The molecule has 2 rings (SSSR count). The largest absolute Gasteiger partial charge is 0.126 e. The van der Waals surface area contributed by atoms with Crippen LogP contribution < -0.4 is 0 Å². The van der Waals surface area contributed by atoms with Crippen molar-refractivity contribution in [1.29, 1.82) is 0 Å². The van der Waals surface area contributed by atoms with E-state index in [0.717, 1.165) is 0 Å². The number of fused-ring (bicyclic) bond motifs is 1. The van der Waals surface area contributed by atoms with Crippen LogP contribution in [0.1, 0.15) is 30.2 Å². The Morgan fingerprint density at radius 3 is 2.77 bits per heavy atom. The van der Waals surface area contributed by atoms with Gasteiger partial charge in [-0.2, -0.15) is 0 Å². The minimum Gasteiger partial charge on any atom is -0.126 e. The highest BCUT2D eigenvalue weighted by atomic mass is 32.2. The van der Waals surface area contributed by atoms with Gasteiger partial charge in [0.05, 0.1) is 0 Å². The maximum atomic E-state index is 2.29. The first kappa shape index (κ1) is 8.89. The minimum atomic E-state index is 0.640. The van der Waals surface area contributed by atoms with E-state index in [9.17, 15) is 0 Å². The number of benzene rings is 1. The molecule has 0 spiro atoms. The first-order valence-electron chi connectivity index (χ1n) is 4.70. The molecule has 0 bridgehead atoms. The molecule has 0 amide bonds. The van der Waals surface area contributed by atoms with Gasteiger partial charge < -0.3 is 0 Å². The zero-order valence-corrected chi connectivity index (χ0v) is 8.84. The maximum Gasteiger partial charge on any atom is 0.0367 e. The minimum absolute atomic E-state index is 0.640. The lowest BCUT2D eigenvalue weighted by molar-refractivity contribution is 0.632. The van der Waals surface area contributed by atoms with Crippen molar-refractivity contribution in [2.75, 3.05) is 0 Å². The topological polar surface area (TPSA) is 0 Å². The molecular formula is C12H14S. The van der Waals surface area contributed by atoms with Crippen molar-refractivity contribution in [3.8, 4) is 0 Å². The second-order valence-corrected chi connectivity index (χ2v) is 4.78. The van der Waals surface area contributed by atoms with Gasteiger partial charge in [-0.05, 0) is 28.5 Å². The fourth-order valence-electron chi connectivity index (χ4n) is 1.71. The van der Waals surface area contributed by atoms with Crippen LogP contribution in [0.4, 0.5) is 0 Å². The van der Waals surface area contributed by atoms with E-state index in [1.807, 2.05) is 11.8 Å². The van der Waals surface area contributed by atoms with Gasteiger partial charge >= 0.3 is 0 Å². The molecule has 1 aromatic rings. The smallest absolute Gasteiger partial charge is 0.0367 e. The van der Waals surface area contributed by atoms with Crippen molar-refractivity contribution in [3.05, 3.63) is 40.8 Å². The monoisotopic (exact) mass is 190 g/mol. The van der Waals surface area contributed by atoms with E-state index < -0.39 is 0 Å². The normalized spacial score (nSPS) is 20.4. The lowest BCUT2D eigenvalue weighted by Crippen LogP contribution is -2.05. The zero-order chi connectivity index (χ0) is 9.26. The Hall–Kier alpha value is -0.690. The van der Waals surface area contributed by atoms with Crippen molar-refractivity contribution >= 4 is 17.8 Å². The van der Waals surface area contributed by atoms with E-state index >= 15 is 0 Å². The lowest BCUT2D eigenvalue weighted by atomic mass is 9.97. The van der Waals surface area contributed by atoms with Crippen LogP contribution >= 0.6 is 11.8 Å². The molecule has 0 saturated carbocycles. The molecule has 1 aromatic carbocycles. The summed E-state index contributed by atoms with van der Waals surface area (Å²) in [5, 5.41) is 2.86. The molecule has 1 heteroatoms. The van der Waals surface area contributed by atoms with Crippen molar-refractivity contribution in [3.63, 3.8) is 0 Å². The Kier molecular flexibility index (Phi) is 2.45. The highest BCUT2D eigenvalue weighted by Gasteiger charge is 2.19. The second-order valence-electron chi connectivity index (χ2n) is 3.73. The number of hydrogen-bond donors (Lipinski definition) is 0. The molecule has 1 atom stereocenters. The summed E-state index contributed by atoms with van der Waals surface area (Å²) < 4.78 is 0. The van der Waals surface area contributed by atoms with Crippen LogP contribution in [-0.4, -0.2) is 0 Å². The number of thioether (sulfide) groups is 1. The third kappa shape index (κ3) is 1.66. The summed E-state index contributed by atoms with van der Waals surface area (Å²) in [6, 6.07) is 8.68.